The third-order valence-corrected chi connectivity index (χ3v) is 3.81. The number of guanidine groups is 1. The van der Waals surface area contributed by atoms with Crippen LogP contribution in [-0.2, 0) is 13.0 Å². The average Bonchev–Trinajstić information content (AvgIpc) is 2.88. The highest BCUT2D eigenvalue weighted by molar-refractivity contribution is 14.0. The molecule has 120 valence electrons. The van der Waals surface area contributed by atoms with Gasteiger partial charge in [-0.05, 0) is 31.0 Å². The van der Waals surface area contributed by atoms with Crippen molar-refractivity contribution in [2.45, 2.75) is 19.9 Å². The molecule has 2 N–H and O–H groups in total. The number of hydrogen-bond donors (Lipinski definition) is 2. The summed E-state index contributed by atoms with van der Waals surface area (Å²) in [5, 5.41) is 7.45. The molecule has 0 saturated heterocycles. The van der Waals surface area contributed by atoms with E-state index in [2.05, 4.69) is 20.6 Å². The highest BCUT2D eigenvalue weighted by atomic mass is 127. The van der Waals surface area contributed by atoms with Crippen molar-refractivity contribution < 1.29 is 4.39 Å². The number of benzene rings is 1. The minimum atomic E-state index is -0.200. The largest absolute Gasteiger partial charge is 0.356 e. The van der Waals surface area contributed by atoms with Gasteiger partial charge in [0.05, 0.1) is 6.54 Å². The van der Waals surface area contributed by atoms with Crippen LogP contribution in [0.3, 0.4) is 0 Å². The highest BCUT2D eigenvalue weighted by Gasteiger charge is 2.02. The molecule has 2 aromatic rings. The predicted molar refractivity (Wildman–Crippen MR) is 101 cm³/mol. The summed E-state index contributed by atoms with van der Waals surface area (Å²) < 4.78 is 13.1. The Bertz CT molecular complexity index is 615. The molecule has 0 radical (unpaired) electrons. The number of halogens is 2. The van der Waals surface area contributed by atoms with Crippen molar-refractivity contribution in [3.63, 3.8) is 0 Å². The van der Waals surface area contributed by atoms with E-state index in [0.717, 1.165) is 23.0 Å². The lowest BCUT2D eigenvalue weighted by atomic mass is 10.1. The molecule has 0 spiro atoms. The molecule has 0 saturated carbocycles. The summed E-state index contributed by atoms with van der Waals surface area (Å²) in [7, 11) is 1.73. The lowest BCUT2D eigenvalue weighted by molar-refractivity contribution is 0.625. The molecule has 4 nitrogen and oxygen atoms in total. The quantitative estimate of drug-likeness (QED) is 0.432. The van der Waals surface area contributed by atoms with Gasteiger partial charge in [-0.25, -0.2) is 9.37 Å². The van der Waals surface area contributed by atoms with Gasteiger partial charge in [0, 0.05) is 24.7 Å². The summed E-state index contributed by atoms with van der Waals surface area (Å²) in [4.78, 5) is 9.64. The van der Waals surface area contributed by atoms with Gasteiger partial charge in [-0.2, -0.15) is 0 Å². The molecule has 2 rings (SSSR count). The van der Waals surface area contributed by atoms with E-state index in [-0.39, 0.29) is 29.8 Å². The van der Waals surface area contributed by atoms with Crippen LogP contribution < -0.4 is 10.6 Å². The summed E-state index contributed by atoms with van der Waals surface area (Å²) in [6, 6.07) is 6.64. The summed E-state index contributed by atoms with van der Waals surface area (Å²) in [5.41, 5.74) is 0.966. The Labute approximate surface area is 151 Å². The standard InChI is InChI=1S/C15H19FN4S.HI/c1-11-9-19-14(21-11)10-20-15(17-2)18-7-6-12-4-3-5-13(16)8-12;/h3-5,8-9H,6-7,10H2,1-2H3,(H2,17,18,20);1H. The molecule has 0 atom stereocenters. The first-order valence-electron chi connectivity index (χ1n) is 6.77. The Morgan fingerprint density at radius 1 is 1.36 bits per heavy atom. The van der Waals surface area contributed by atoms with Gasteiger partial charge in [-0.3, -0.25) is 4.99 Å². The SMILES string of the molecule is CN=C(NCCc1cccc(F)c1)NCc1ncc(C)s1.I. The molecule has 0 aliphatic heterocycles. The van der Waals surface area contributed by atoms with Crippen molar-refractivity contribution in [2.75, 3.05) is 13.6 Å². The van der Waals surface area contributed by atoms with E-state index in [4.69, 9.17) is 0 Å². The smallest absolute Gasteiger partial charge is 0.191 e. The molecule has 0 bridgehead atoms. The van der Waals surface area contributed by atoms with Gasteiger partial charge in [0.1, 0.15) is 10.8 Å². The molecule has 0 amide bonds. The molecule has 22 heavy (non-hydrogen) atoms. The Hall–Kier alpha value is -1.22. The summed E-state index contributed by atoms with van der Waals surface area (Å²) in [6.07, 6.45) is 2.61. The Balaban J connectivity index is 0.00000242. The maximum Gasteiger partial charge on any atom is 0.191 e. The Kier molecular flexibility index (Phi) is 8.32. The maximum absolute atomic E-state index is 13.1. The van der Waals surface area contributed by atoms with Gasteiger partial charge in [-0.15, -0.1) is 35.3 Å². The number of nitrogens with zero attached hydrogens (tertiary/aromatic N) is 2. The number of aromatic nitrogens is 1. The molecule has 1 aromatic carbocycles. The maximum atomic E-state index is 13.1. The third kappa shape index (κ3) is 6.27. The number of aryl methyl sites for hydroxylation is 1. The van der Waals surface area contributed by atoms with Gasteiger partial charge in [0.25, 0.3) is 0 Å². The van der Waals surface area contributed by atoms with E-state index in [9.17, 15) is 4.39 Å². The molecule has 1 heterocycles. The van der Waals surface area contributed by atoms with Crippen molar-refractivity contribution in [2.24, 2.45) is 4.99 Å². The lowest BCUT2D eigenvalue weighted by Gasteiger charge is -2.10. The Morgan fingerprint density at radius 2 is 2.18 bits per heavy atom. The third-order valence-electron chi connectivity index (χ3n) is 2.89. The molecule has 1 aromatic heterocycles. The van der Waals surface area contributed by atoms with Crippen molar-refractivity contribution >= 4 is 41.3 Å². The molecule has 7 heteroatoms. The van der Waals surface area contributed by atoms with E-state index < -0.39 is 0 Å². The van der Waals surface area contributed by atoms with Crippen LogP contribution in [0, 0.1) is 12.7 Å². The molecule has 0 aliphatic carbocycles. The summed E-state index contributed by atoms with van der Waals surface area (Å²) in [5.74, 6) is 0.522. The van der Waals surface area contributed by atoms with Crippen LogP contribution in [0.1, 0.15) is 15.4 Å². The summed E-state index contributed by atoms with van der Waals surface area (Å²) >= 11 is 1.66. The molecular weight excluding hydrogens is 414 g/mol. The fourth-order valence-electron chi connectivity index (χ4n) is 1.88. The van der Waals surface area contributed by atoms with Gasteiger partial charge in [0.2, 0.25) is 0 Å². The van der Waals surface area contributed by atoms with E-state index in [1.54, 1.807) is 30.5 Å². The summed E-state index contributed by atoms with van der Waals surface area (Å²) in [6.45, 7) is 3.38. The normalized spacial score (nSPS) is 11.0. The first-order chi connectivity index (χ1) is 10.2. The predicted octanol–water partition coefficient (Wildman–Crippen LogP) is 3.12. The average molecular weight is 434 g/mol. The fraction of sp³-hybridized carbons (Fsp3) is 0.333. The minimum absolute atomic E-state index is 0. The second-order valence-corrected chi connectivity index (χ2v) is 5.92. The van der Waals surface area contributed by atoms with E-state index >= 15 is 0 Å². The second-order valence-electron chi connectivity index (χ2n) is 4.60. The first-order valence-corrected chi connectivity index (χ1v) is 7.59. The van der Waals surface area contributed by atoms with Gasteiger partial charge < -0.3 is 10.6 Å². The number of hydrogen-bond acceptors (Lipinski definition) is 3. The Morgan fingerprint density at radius 3 is 2.82 bits per heavy atom. The van der Waals surface area contributed by atoms with Gasteiger partial charge in [-0.1, -0.05) is 12.1 Å². The van der Waals surface area contributed by atoms with Crippen LogP contribution >= 0.6 is 35.3 Å². The van der Waals surface area contributed by atoms with Crippen molar-refractivity contribution in [1.82, 2.24) is 15.6 Å². The zero-order valence-electron chi connectivity index (χ0n) is 12.6. The van der Waals surface area contributed by atoms with Crippen LogP contribution in [0.4, 0.5) is 4.39 Å². The fourth-order valence-corrected chi connectivity index (χ4v) is 2.61. The molecule has 0 unspecified atom stereocenters. The zero-order valence-corrected chi connectivity index (χ0v) is 15.7. The highest BCUT2D eigenvalue weighted by Crippen LogP contribution is 2.10. The van der Waals surface area contributed by atoms with Crippen LogP contribution in [0.2, 0.25) is 0 Å². The van der Waals surface area contributed by atoms with Crippen LogP contribution in [0.25, 0.3) is 0 Å². The number of rotatable bonds is 5. The van der Waals surface area contributed by atoms with Gasteiger partial charge in [0.15, 0.2) is 5.96 Å². The van der Waals surface area contributed by atoms with Crippen molar-refractivity contribution in [3.8, 4) is 0 Å². The number of thiazole rings is 1. The number of nitrogens with one attached hydrogen (secondary N) is 2. The van der Waals surface area contributed by atoms with E-state index in [1.807, 2.05) is 19.2 Å². The first kappa shape index (κ1) is 18.8. The van der Waals surface area contributed by atoms with Crippen molar-refractivity contribution in [3.05, 3.63) is 51.7 Å². The number of aliphatic imine (C=N–C) groups is 1. The van der Waals surface area contributed by atoms with Crippen molar-refractivity contribution in [1.29, 1.82) is 0 Å². The second kappa shape index (κ2) is 9.73. The van der Waals surface area contributed by atoms with E-state index in [0.29, 0.717) is 13.1 Å². The van der Waals surface area contributed by atoms with Crippen LogP contribution in [0.15, 0.2) is 35.5 Å². The molecule has 0 fully saturated rings. The van der Waals surface area contributed by atoms with Crippen LogP contribution in [0.5, 0.6) is 0 Å². The molecular formula is C15H20FIN4S. The molecule has 0 aliphatic rings. The monoisotopic (exact) mass is 434 g/mol. The van der Waals surface area contributed by atoms with E-state index in [1.165, 1.54) is 10.9 Å². The van der Waals surface area contributed by atoms with Crippen LogP contribution in [-0.4, -0.2) is 24.5 Å². The lowest BCUT2D eigenvalue weighted by Crippen LogP contribution is -2.37. The van der Waals surface area contributed by atoms with Gasteiger partial charge >= 0.3 is 0 Å². The zero-order chi connectivity index (χ0) is 15.1. The topological polar surface area (TPSA) is 49.3 Å². The minimum Gasteiger partial charge on any atom is -0.356 e.